The predicted molar refractivity (Wildman–Crippen MR) is 125 cm³/mol. The molecule has 8 heteroatoms. The van der Waals surface area contributed by atoms with Crippen LogP contribution in [-0.2, 0) is 6.42 Å². The van der Waals surface area contributed by atoms with Crippen LogP contribution >= 0.6 is 23.7 Å². The Morgan fingerprint density at radius 3 is 2.61 bits per heavy atom. The van der Waals surface area contributed by atoms with E-state index >= 15 is 0 Å². The van der Waals surface area contributed by atoms with Crippen LogP contribution in [0.15, 0.2) is 66.0 Å². The van der Waals surface area contributed by atoms with Gasteiger partial charge in [0.2, 0.25) is 0 Å². The molecule has 0 radical (unpaired) electrons. The number of carbonyl (C=O) groups is 1. The first-order chi connectivity index (χ1) is 14.6. The van der Waals surface area contributed by atoms with E-state index in [-0.39, 0.29) is 29.7 Å². The molecule has 0 saturated heterocycles. The molecule has 31 heavy (non-hydrogen) atoms. The summed E-state index contributed by atoms with van der Waals surface area (Å²) in [5.74, 6) is -0.417. The molecule has 1 amide bonds. The Morgan fingerprint density at radius 1 is 1.16 bits per heavy atom. The van der Waals surface area contributed by atoms with E-state index in [1.54, 1.807) is 23.5 Å². The Labute approximate surface area is 191 Å². The molecule has 0 unspecified atom stereocenters. The van der Waals surface area contributed by atoms with Gasteiger partial charge in [0.05, 0.1) is 11.0 Å². The number of halogens is 1. The van der Waals surface area contributed by atoms with E-state index in [0.29, 0.717) is 19.1 Å². The number of nitrogens with zero attached hydrogens (tertiary/aromatic N) is 2. The van der Waals surface area contributed by atoms with Crippen LogP contribution in [0, 0.1) is 10.1 Å². The number of para-hydroxylation sites is 1. The first kappa shape index (κ1) is 22.9. The summed E-state index contributed by atoms with van der Waals surface area (Å²) in [5.41, 5.74) is 2.54. The first-order valence-corrected chi connectivity index (χ1v) is 10.8. The van der Waals surface area contributed by atoms with E-state index in [2.05, 4.69) is 52.9 Å². The van der Waals surface area contributed by atoms with E-state index < -0.39 is 10.8 Å². The smallest absolute Gasteiger partial charge is 0.282 e. The lowest BCUT2D eigenvalue weighted by Crippen LogP contribution is -2.45. The molecule has 0 aliphatic carbocycles. The largest absolute Gasteiger partial charge is 0.351 e. The van der Waals surface area contributed by atoms with Crippen LogP contribution in [0.2, 0.25) is 0 Å². The SMILES string of the molecule is C[C@@H]1Cc2ccsc2[C@H](c2ccccc2)N1CCNC(=O)c1ccccc1[N+](=O)[O-].Cl. The van der Waals surface area contributed by atoms with Crippen LogP contribution in [-0.4, -0.2) is 34.9 Å². The number of carbonyl (C=O) groups excluding carboxylic acids is 1. The van der Waals surface area contributed by atoms with Crippen LogP contribution in [0.3, 0.4) is 0 Å². The quantitative estimate of drug-likeness (QED) is 0.424. The van der Waals surface area contributed by atoms with E-state index in [1.807, 2.05) is 6.07 Å². The molecular weight excluding hydrogens is 434 g/mol. The van der Waals surface area contributed by atoms with Gasteiger partial charge in [0.15, 0.2) is 0 Å². The Bertz CT molecular complexity index is 1060. The molecule has 2 heterocycles. The predicted octanol–water partition coefficient (Wildman–Crippen LogP) is 4.84. The number of nitro groups is 1. The van der Waals surface area contributed by atoms with E-state index in [9.17, 15) is 14.9 Å². The van der Waals surface area contributed by atoms with E-state index in [4.69, 9.17) is 0 Å². The number of benzene rings is 2. The van der Waals surface area contributed by atoms with Crippen molar-refractivity contribution in [2.45, 2.75) is 25.4 Å². The number of fused-ring (bicyclic) bond motifs is 1. The monoisotopic (exact) mass is 457 g/mol. The fraction of sp³-hybridized carbons (Fsp3) is 0.261. The number of amides is 1. The molecule has 4 rings (SSSR count). The third-order valence-electron chi connectivity index (χ3n) is 5.56. The van der Waals surface area contributed by atoms with Gasteiger partial charge >= 0.3 is 0 Å². The normalized spacial score (nSPS) is 18.0. The van der Waals surface area contributed by atoms with Crippen molar-refractivity contribution in [3.05, 3.63) is 97.7 Å². The van der Waals surface area contributed by atoms with E-state index in [1.165, 1.54) is 28.1 Å². The average Bonchev–Trinajstić information content (AvgIpc) is 3.22. The van der Waals surface area contributed by atoms with Gasteiger partial charge in [-0.3, -0.25) is 19.8 Å². The number of hydrogen-bond donors (Lipinski definition) is 1. The Hall–Kier alpha value is -2.74. The van der Waals surface area contributed by atoms with Gasteiger partial charge < -0.3 is 5.32 Å². The van der Waals surface area contributed by atoms with Crippen molar-refractivity contribution in [1.29, 1.82) is 0 Å². The standard InChI is InChI=1S/C23H23N3O3S.ClH/c1-16-15-18-11-14-30-22(18)21(17-7-3-2-4-8-17)25(16)13-12-24-23(27)19-9-5-6-10-20(19)26(28)29;/h2-11,14,16,21H,12-13,15H2,1H3,(H,24,27);1H/t16-,21+;/m1./s1. The number of hydrogen-bond acceptors (Lipinski definition) is 5. The van der Waals surface area contributed by atoms with Gasteiger partial charge in [-0.25, -0.2) is 0 Å². The minimum absolute atomic E-state index is 0. The zero-order valence-corrected chi connectivity index (χ0v) is 18.7. The number of nitrogens with one attached hydrogen (secondary N) is 1. The molecule has 1 N–H and O–H groups in total. The molecule has 0 saturated carbocycles. The number of nitro benzene ring substituents is 1. The fourth-order valence-corrected chi connectivity index (χ4v) is 5.22. The van der Waals surface area contributed by atoms with Crippen molar-refractivity contribution in [3.8, 4) is 0 Å². The summed E-state index contributed by atoms with van der Waals surface area (Å²) in [7, 11) is 0. The van der Waals surface area contributed by atoms with Gasteiger partial charge in [-0.05, 0) is 42.0 Å². The molecule has 3 aromatic rings. The van der Waals surface area contributed by atoms with Crippen molar-refractivity contribution >= 4 is 35.3 Å². The second-order valence-corrected chi connectivity index (χ2v) is 8.39. The number of rotatable bonds is 6. The summed E-state index contributed by atoms with van der Waals surface area (Å²) in [6.07, 6.45) is 0.972. The van der Waals surface area contributed by atoms with Crippen LogP contribution in [0.5, 0.6) is 0 Å². The lowest BCUT2D eigenvalue weighted by Gasteiger charge is -2.41. The Balaban J connectivity index is 0.00000272. The molecule has 1 aliphatic rings. The van der Waals surface area contributed by atoms with Crippen molar-refractivity contribution in [2.75, 3.05) is 13.1 Å². The second-order valence-electron chi connectivity index (χ2n) is 7.44. The molecule has 1 aliphatic heterocycles. The number of thiophene rings is 1. The maximum absolute atomic E-state index is 12.6. The first-order valence-electron chi connectivity index (χ1n) is 9.95. The van der Waals surface area contributed by atoms with Gasteiger partial charge in [-0.2, -0.15) is 0 Å². The minimum Gasteiger partial charge on any atom is -0.351 e. The van der Waals surface area contributed by atoms with E-state index in [0.717, 1.165) is 6.42 Å². The van der Waals surface area contributed by atoms with Crippen molar-refractivity contribution in [3.63, 3.8) is 0 Å². The van der Waals surface area contributed by atoms with Crippen molar-refractivity contribution in [1.82, 2.24) is 10.2 Å². The summed E-state index contributed by atoms with van der Waals surface area (Å²) in [6.45, 7) is 3.28. The van der Waals surface area contributed by atoms with Gasteiger partial charge in [-0.1, -0.05) is 42.5 Å². The molecule has 0 spiro atoms. The highest BCUT2D eigenvalue weighted by Crippen LogP contribution is 2.40. The van der Waals surface area contributed by atoms with Crippen LogP contribution in [0.25, 0.3) is 0 Å². The summed E-state index contributed by atoms with van der Waals surface area (Å²) in [5, 5.41) is 16.2. The second kappa shape index (κ2) is 10.0. The lowest BCUT2D eigenvalue weighted by molar-refractivity contribution is -0.385. The highest BCUT2D eigenvalue weighted by atomic mass is 35.5. The lowest BCUT2D eigenvalue weighted by atomic mass is 9.91. The maximum atomic E-state index is 12.6. The Kier molecular flexibility index (Phi) is 7.43. The summed E-state index contributed by atoms with van der Waals surface area (Å²) in [4.78, 5) is 27.0. The molecule has 1 aromatic heterocycles. The molecule has 2 aromatic carbocycles. The highest BCUT2D eigenvalue weighted by Gasteiger charge is 2.34. The van der Waals surface area contributed by atoms with Gasteiger partial charge in [-0.15, -0.1) is 23.7 Å². The van der Waals surface area contributed by atoms with Gasteiger partial charge in [0, 0.05) is 30.1 Å². The van der Waals surface area contributed by atoms with Crippen molar-refractivity contribution in [2.24, 2.45) is 0 Å². The topological polar surface area (TPSA) is 75.5 Å². The van der Waals surface area contributed by atoms with Crippen LogP contribution in [0.4, 0.5) is 5.69 Å². The summed E-state index contributed by atoms with van der Waals surface area (Å²) in [6, 6.07) is 19.1. The van der Waals surface area contributed by atoms with Crippen LogP contribution in [0.1, 0.15) is 39.3 Å². The highest BCUT2D eigenvalue weighted by molar-refractivity contribution is 7.10. The zero-order valence-electron chi connectivity index (χ0n) is 17.1. The Morgan fingerprint density at radius 2 is 1.87 bits per heavy atom. The molecule has 2 atom stereocenters. The van der Waals surface area contributed by atoms with Crippen molar-refractivity contribution < 1.29 is 9.72 Å². The van der Waals surface area contributed by atoms with Gasteiger partial charge in [0.25, 0.3) is 11.6 Å². The third-order valence-corrected chi connectivity index (χ3v) is 6.57. The molecule has 0 fully saturated rings. The minimum atomic E-state index is -0.522. The molecule has 162 valence electrons. The third kappa shape index (κ3) is 4.79. The average molecular weight is 458 g/mol. The molecule has 0 bridgehead atoms. The maximum Gasteiger partial charge on any atom is 0.282 e. The summed E-state index contributed by atoms with van der Waals surface area (Å²) >= 11 is 1.77. The van der Waals surface area contributed by atoms with Crippen LogP contribution < -0.4 is 5.32 Å². The summed E-state index contributed by atoms with van der Waals surface area (Å²) < 4.78 is 0. The van der Waals surface area contributed by atoms with Gasteiger partial charge in [0.1, 0.15) is 5.56 Å². The fourth-order valence-electron chi connectivity index (χ4n) is 4.14. The molecular formula is C23H24ClN3O3S. The zero-order chi connectivity index (χ0) is 21.1. The molecule has 6 nitrogen and oxygen atoms in total.